The Bertz CT molecular complexity index is 535. The smallest absolute Gasteiger partial charge is 0.259 e. The Morgan fingerprint density at radius 1 is 1.38 bits per heavy atom. The van der Waals surface area contributed by atoms with Crippen molar-refractivity contribution in [2.45, 2.75) is 25.4 Å². The van der Waals surface area contributed by atoms with Gasteiger partial charge >= 0.3 is 0 Å². The first kappa shape index (κ1) is 16.4. The lowest BCUT2D eigenvalue weighted by Gasteiger charge is -2.26. The van der Waals surface area contributed by atoms with Crippen LogP contribution in [0.4, 0.5) is 0 Å². The molecule has 0 unspecified atom stereocenters. The van der Waals surface area contributed by atoms with Gasteiger partial charge in [0.2, 0.25) is 0 Å². The zero-order valence-corrected chi connectivity index (χ0v) is 13.6. The van der Waals surface area contributed by atoms with E-state index in [9.17, 15) is 8.42 Å². The third-order valence-corrected chi connectivity index (χ3v) is 4.74. The van der Waals surface area contributed by atoms with Crippen molar-refractivity contribution in [2.75, 3.05) is 39.3 Å². The van der Waals surface area contributed by atoms with Crippen LogP contribution in [0.15, 0.2) is 17.6 Å². The predicted octanol–water partition coefficient (Wildman–Crippen LogP) is -0.277. The third-order valence-electron chi connectivity index (χ3n) is 3.39. The van der Waals surface area contributed by atoms with Crippen LogP contribution in [0.3, 0.4) is 0 Å². The average Bonchev–Trinajstić information content (AvgIpc) is 2.88. The molecule has 0 aromatic carbocycles. The zero-order chi connectivity index (χ0) is 15.3. The highest BCUT2D eigenvalue weighted by Gasteiger charge is 2.18. The fourth-order valence-corrected chi connectivity index (χ4v) is 3.31. The number of nitrogens with zero attached hydrogens (tertiary/aromatic N) is 3. The third kappa shape index (κ3) is 5.06. The summed E-state index contributed by atoms with van der Waals surface area (Å²) in [5.41, 5.74) is 0. The zero-order valence-electron chi connectivity index (χ0n) is 12.7. The molecule has 1 saturated heterocycles. The Kier molecular flexibility index (Phi) is 5.74. The summed E-state index contributed by atoms with van der Waals surface area (Å²) in [7, 11) is -3.50. The molecule has 1 aliphatic heterocycles. The quantitative estimate of drug-likeness (QED) is 0.724. The first-order valence-electron chi connectivity index (χ1n) is 7.42. The summed E-state index contributed by atoms with van der Waals surface area (Å²) in [4.78, 5) is 6.24. The molecule has 0 spiro atoms. The molecule has 7 nitrogen and oxygen atoms in total. The first-order valence-corrected chi connectivity index (χ1v) is 8.90. The van der Waals surface area contributed by atoms with Crippen molar-refractivity contribution in [1.82, 2.24) is 24.5 Å². The number of piperazine rings is 1. The predicted molar refractivity (Wildman–Crippen MR) is 81.6 cm³/mol. The maximum absolute atomic E-state index is 12.2. The van der Waals surface area contributed by atoms with E-state index in [-0.39, 0.29) is 5.03 Å². The number of hydrogen-bond acceptors (Lipinski definition) is 5. The highest BCUT2D eigenvalue weighted by molar-refractivity contribution is 7.89. The van der Waals surface area contributed by atoms with Gasteiger partial charge in [0, 0.05) is 52.0 Å². The van der Waals surface area contributed by atoms with Crippen molar-refractivity contribution >= 4 is 10.0 Å². The summed E-state index contributed by atoms with van der Waals surface area (Å²) >= 11 is 0. The Morgan fingerprint density at radius 2 is 2.10 bits per heavy atom. The van der Waals surface area contributed by atoms with Crippen LogP contribution in [0.1, 0.15) is 13.8 Å². The van der Waals surface area contributed by atoms with Gasteiger partial charge < -0.3 is 9.88 Å². The number of imidazole rings is 1. The van der Waals surface area contributed by atoms with E-state index in [1.165, 1.54) is 0 Å². The van der Waals surface area contributed by atoms with Crippen LogP contribution in [0.5, 0.6) is 0 Å². The molecule has 0 bridgehead atoms. The molecule has 2 N–H and O–H groups in total. The number of rotatable bonds is 7. The molecule has 0 amide bonds. The minimum absolute atomic E-state index is 0.100. The Labute approximate surface area is 126 Å². The van der Waals surface area contributed by atoms with Crippen molar-refractivity contribution < 1.29 is 8.42 Å². The lowest BCUT2D eigenvalue weighted by Crippen LogP contribution is -2.46. The molecule has 1 fully saturated rings. The molecular formula is C13H25N5O2S. The number of nitrogens with one attached hydrogen (secondary N) is 2. The summed E-state index contributed by atoms with van der Waals surface area (Å²) in [6.45, 7) is 9.93. The van der Waals surface area contributed by atoms with E-state index in [0.717, 1.165) is 39.3 Å². The van der Waals surface area contributed by atoms with E-state index >= 15 is 0 Å². The Hall–Kier alpha value is -0.960. The van der Waals surface area contributed by atoms with Crippen LogP contribution in [-0.4, -0.2) is 62.1 Å². The number of sulfonamides is 1. The standard InChI is InChI=1S/C13H25N5O2S/c1-12(2)9-18-10-13(15-11-18)21(19,20)16-5-8-17-6-3-14-4-7-17/h10-12,14,16H,3-9H2,1-2H3. The highest BCUT2D eigenvalue weighted by Crippen LogP contribution is 2.07. The summed E-state index contributed by atoms with van der Waals surface area (Å²) < 4.78 is 28.7. The lowest BCUT2D eigenvalue weighted by atomic mass is 10.2. The van der Waals surface area contributed by atoms with Crippen LogP contribution in [0.25, 0.3) is 0 Å². The Balaban J connectivity index is 1.84. The second-order valence-corrected chi connectivity index (χ2v) is 7.51. The van der Waals surface area contributed by atoms with E-state index in [2.05, 4.69) is 33.8 Å². The minimum Gasteiger partial charge on any atom is -0.336 e. The van der Waals surface area contributed by atoms with Crippen molar-refractivity contribution in [3.63, 3.8) is 0 Å². The molecule has 120 valence electrons. The van der Waals surface area contributed by atoms with Crippen LogP contribution in [0, 0.1) is 5.92 Å². The molecule has 0 radical (unpaired) electrons. The van der Waals surface area contributed by atoms with Crippen LogP contribution in [0.2, 0.25) is 0 Å². The van der Waals surface area contributed by atoms with Gasteiger partial charge in [-0.25, -0.2) is 18.1 Å². The van der Waals surface area contributed by atoms with Gasteiger partial charge in [0.1, 0.15) is 0 Å². The van der Waals surface area contributed by atoms with E-state index in [0.29, 0.717) is 12.5 Å². The van der Waals surface area contributed by atoms with Crippen molar-refractivity contribution in [2.24, 2.45) is 5.92 Å². The fourth-order valence-electron chi connectivity index (χ4n) is 2.35. The first-order chi connectivity index (χ1) is 9.97. The van der Waals surface area contributed by atoms with Gasteiger partial charge in [-0.15, -0.1) is 0 Å². The molecule has 2 rings (SSSR count). The monoisotopic (exact) mass is 315 g/mol. The van der Waals surface area contributed by atoms with E-state index < -0.39 is 10.0 Å². The van der Waals surface area contributed by atoms with Gasteiger partial charge in [-0.3, -0.25) is 4.90 Å². The number of aromatic nitrogens is 2. The van der Waals surface area contributed by atoms with Gasteiger partial charge in [-0.2, -0.15) is 0 Å². The highest BCUT2D eigenvalue weighted by atomic mass is 32.2. The molecular weight excluding hydrogens is 290 g/mol. The summed E-state index contributed by atoms with van der Waals surface area (Å²) in [6.07, 6.45) is 3.16. The molecule has 0 aliphatic carbocycles. The molecule has 21 heavy (non-hydrogen) atoms. The van der Waals surface area contributed by atoms with Crippen LogP contribution >= 0.6 is 0 Å². The van der Waals surface area contributed by atoms with Crippen molar-refractivity contribution in [3.05, 3.63) is 12.5 Å². The fraction of sp³-hybridized carbons (Fsp3) is 0.769. The summed E-state index contributed by atoms with van der Waals surface area (Å²) in [5, 5.41) is 3.37. The second-order valence-electron chi connectivity index (χ2n) is 5.79. The maximum Gasteiger partial charge on any atom is 0.259 e. The number of hydrogen-bond donors (Lipinski definition) is 2. The van der Waals surface area contributed by atoms with Gasteiger partial charge in [0.25, 0.3) is 10.0 Å². The van der Waals surface area contributed by atoms with Crippen LogP contribution in [-0.2, 0) is 16.6 Å². The molecule has 0 saturated carbocycles. The molecule has 1 aromatic rings. The van der Waals surface area contributed by atoms with Crippen molar-refractivity contribution in [1.29, 1.82) is 0 Å². The van der Waals surface area contributed by atoms with Crippen LogP contribution < -0.4 is 10.0 Å². The second kappa shape index (κ2) is 7.35. The molecule has 1 aromatic heterocycles. The summed E-state index contributed by atoms with van der Waals surface area (Å²) in [5.74, 6) is 0.454. The molecule has 2 heterocycles. The normalized spacial score (nSPS) is 17.5. The van der Waals surface area contributed by atoms with Gasteiger partial charge in [0.05, 0.1) is 6.33 Å². The Morgan fingerprint density at radius 3 is 2.76 bits per heavy atom. The van der Waals surface area contributed by atoms with Gasteiger partial charge in [-0.1, -0.05) is 13.8 Å². The molecule has 0 atom stereocenters. The molecule has 8 heteroatoms. The van der Waals surface area contributed by atoms with Gasteiger partial charge in [-0.05, 0) is 5.92 Å². The maximum atomic E-state index is 12.2. The lowest BCUT2D eigenvalue weighted by molar-refractivity contribution is 0.245. The molecule has 1 aliphatic rings. The van der Waals surface area contributed by atoms with E-state index in [1.807, 2.05) is 4.57 Å². The SMILES string of the molecule is CC(C)Cn1cnc(S(=O)(=O)NCCN2CCNCC2)c1. The summed E-state index contributed by atoms with van der Waals surface area (Å²) in [6, 6.07) is 0. The minimum atomic E-state index is -3.50. The average molecular weight is 315 g/mol. The largest absolute Gasteiger partial charge is 0.336 e. The van der Waals surface area contributed by atoms with E-state index in [1.54, 1.807) is 12.5 Å². The van der Waals surface area contributed by atoms with Gasteiger partial charge in [0.15, 0.2) is 5.03 Å². The van der Waals surface area contributed by atoms with E-state index in [4.69, 9.17) is 0 Å². The topological polar surface area (TPSA) is 79.3 Å². The van der Waals surface area contributed by atoms with Crippen molar-refractivity contribution in [3.8, 4) is 0 Å².